The van der Waals surface area contributed by atoms with Gasteiger partial charge in [-0.25, -0.2) is 0 Å². The average Bonchev–Trinajstić information content (AvgIpc) is 2.38. The second-order valence-corrected chi connectivity index (χ2v) is 4.63. The molecule has 0 unspecified atom stereocenters. The highest BCUT2D eigenvalue weighted by molar-refractivity contribution is 6.09. The van der Waals surface area contributed by atoms with Crippen LogP contribution in [0, 0.1) is 5.92 Å². The number of nitrogens with two attached hydrogens (primary N) is 1. The quantitative estimate of drug-likeness (QED) is 0.808. The van der Waals surface area contributed by atoms with Crippen molar-refractivity contribution in [2.45, 2.75) is 32.6 Å². The fraction of sp³-hybridized carbons (Fsp3) is 0.400. The lowest BCUT2D eigenvalue weighted by molar-refractivity contribution is 0.101. The second-order valence-electron chi connectivity index (χ2n) is 4.63. The van der Waals surface area contributed by atoms with Crippen LogP contribution in [0.15, 0.2) is 41.6 Å². The van der Waals surface area contributed by atoms with Gasteiger partial charge in [0.05, 0.1) is 0 Å². The van der Waals surface area contributed by atoms with Gasteiger partial charge < -0.3 is 5.73 Å². The van der Waals surface area contributed by atoms with Crippen LogP contribution in [0.5, 0.6) is 0 Å². The Morgan fingerprint density at radius 3 is 2.71 bits per heavy atom. The molecule has 1 aliphatic rings. The molecule has 0 saturated carbocycles. The molecule has 0 amide bonds. The highest BCUT2D eigenvalue weighted by atomic mass is 16.1. The topological polar surface area (TPSA) is 43.1 Å². The number of carbonyl (C=O) groups is 1. The highest BCUT2D eigenvalue weighted by Gasteiger charge is 2.26. The molecule has 0 spiro atoms. The molecule has 0 saturated heterocycles. The lowest BCUT2D eigenvalue weighted by Gasteiger charge is -2.25. The molecule has 90 valence electrons. The minimum atomic E-state index is 0.120. The number of hydrogen-bond donors (Lipinski definition) is 1. The van der Waals surface area contributed by atoms with Crippen molar-refractivity contribution in [3.8, 4) is 0 Å². The van der Waals surface area contributed by atoms with E-state index in [1.807, 2.05) is 30.3 Å². The Labute approximate surface area is 103 Å². The number of carbonyl (C=O) groups excluding carboxylic acids is 1. The van der Waals surface area contributed by atoms with Crippen LogP contribution in [0.1, 0.15) is 43.0 Å². The number of ketones is 1. The summed E-state index contributed by atoms with van der Waals surface area (Å²) in [6.07, 6.45) is 4.06. The first kappa shape index (κ1) is 11.9. The van der Waals surface area contributed by atoms with Gasteiger partial charge in [0.1, 0.15) is 0 Å². The number of Topliss-reactive ketones (excluding diaryl/α,β-unsaturated/α-hetero) is 1. The molecule has 1 aliphatic carbocycles. The third-order valence-electron chi connectivity index (χ3n) is 3.53. The van der Waals surface area contributed by atoms with E-state index in [0.29, 0.717) is 5.92 Å². The molecule has 2 heteroatoms. The third kappa shape index (κ3) is 2.41. The smallest absolute Gasteiger partial charge is 0.191 e. The summed E-state index contributed by atoms with van der Waals surface area (Å²) >= 11 is 0. The van der Waals surface area contributed by atoms with Crippen molar-refractivity contribution < 1.29 is 4.79 Å². The van der Waals surface area contributed by atoms with Crippen molar-refractivity contribution in [3.63, 3.8) is 0 Å². The first-order valence-electron chi connectivity index (χ1n) is 6.32. The van der Waals surface area contributed by atoms with E-state index < -0.39 is 0 Å². The van der Waals surface area contributed by atoms with Crippen LogP contribution in [-0.4, -0.2) is 5.78 Å². The van der Waals surface area contributed by atoms with Gasteiger partial charge >= 0.3 is 0 Å². The first-order chi connectivity index (χ1) is 8.24. The van der Waals surface area contributed by atoms with E-state index >= 15 is 0 Å². The Bertz CT molecular complexity index is 433. The van der Waals surface area contributed by atoms with Crippen LogP contribution in [0.25, 0.3) is 0 Å². The summed E-state index contributed by atoms with van der Waals surface area (Å²) in [5.41, 5.74) is 8.47. The molecule has 2 rings (SSSR count). The Morgan fingerprint density at radius 2 is 2.06 bits per heavy atom. The molecular weight excluding hydrogens is 210 g/mol. The van der Waals surface area contributed by atoms with Gasteiger partial charge in [-0.1, -0.05) is 37.3 Å². The zero-order valence-electron chi connectivity index (χ0n) is 10.3. The Morgan fingerprint density at radius 1 is 1.35 bits per heavy atom. The largest absolute Gasteiger partial charge is 0.402 e. The molecule has 0 aliphatic heterocycles. The molecule has 17 heavy (non-hydrogen) atoms. The van der Waals surface area contributed by atoms with Crippen LogP contribution in [0.4, 0.5) is 0 Å². The maximum Gasteiger partial charge on any atom is 0.191 e. The van der Waals surface area contributed by atoms with Gasteiger partial charge in [-0.2, -0.15) is 0 Å². The van der Waals surface area contributed by atoms with Crippen molar-refractivity contribution in [1.82, 2.24) is 0 Å². The zero-order chi connectivity index (χ0) is 12.3. The maximum absolute atomic E-state index is 12.4. The van der Waals surface area contributed by atoms with Gasteiger partial charge in [0.25, 0.3) is 0 Å². The van der Waals surface area contributed by atoms with E-state index in [9.17, 15) is 4.79 Å². The highest BCUT2D eigenvalue weighted by Crippen LogP contribution is 2.32. The van der Waals surface area contributed by atoms with E-state index in [-0.39, 0.29) is 5.78 Å². The van der Waals surface area contributed by atoms with Crippen molar-refractivity contribution >= 4 is 5.78 Å². The summed E-state index contributed by atoms with van der Waals surface area (Å²) in [5.74, 6) is 0.464. The van der Waals surface area contributed by atoms with Gasteiger partial charge in [0, 0.05) is 16.8 Å². The number of allylic oxidation sites excluding steroid dienone is 2. The summed E-state index contributed by atoms with van der Waals surface area (Å²) in [5, 5.41) is 0. The number of hydrogen-bond acceptors (Lipinski definition) is 2. The molecular formula is C15H19NO. The van der Waals surface area contributed by atoms with E-state index in [0.717, 1.165) is 42.5 Å². The van der Waals surface area contributed by atoms with Crippen LogP contribution in [0.2, 0.25) is 0 Å². The van der Waals surface area contributed by atoms with Crippen LogP contribution >= 0.6 is 0 Å². The lowest BCUT2D eigenvalue weighted by Crippen LogP contribution is -2.22. The van der Waals surface area contributed by atoms with Gasteiger partial charge in [-0.15, -0.1) is 0 Å². The van der Waals surface area contributed by atoms with Gasteiger partial charge in [-0.05, 0) is 31.6 Å². The number of rotatable bonds is 3. The van der Waals surface area contributed by atoms with E-state index in [1.165, 1.54) is 0 Å². The number of benzene rings is 1. The van der Waals surface area contributed by atoms with E-state index in [1.54, 1.807) is 0 Å². The van der Waals surface area contributed by atoms with Crippen molar-refractivity contribution in [2.24, 2.45) is 11.7 Å². The van der Waals surface area contributed by atoms with Crippen molar-refractivity contribution in [3.05, 3.63) is 47.2 Å². The van der Waals surface area contributed by atoms with Gasteiger partial charge in [-0.3, -0.25) is 4.79 Å². The maximum atomic E-state index is 12.4. The van der Waals surface area contributed by atoms with E-state index in [4.69, 9.17) is 5.73 Å². The molecule has 1 aromatic rings. The Balaban J connectivity index is 2.35. The predicted octanol–water partition coefficient (Wildman–Crippen LogP) is 3.29. The average molecular weight is 229 g/mol. The van der Waals surface area contributed by atoms with Gasteiger partial charge in [0.15, 0.2) is 5.78 Å². The molecule has 0 bridgehead atoms. The monoisotopic (exact) mass is 229 g/mol. The second kappa shape index (κ2) is 5.17. The summed E-state index contributed by atoms with van der Waals surface area (Å²) in [7, 11) is 0. The van der Waals surface area contributed by atoms with Crippen LogP contribution in [-0.2, 0) is 0 Å². The minimum Gasteiger partial charge on any atom is -0.402 e. The SMILES string of the molecule is CC[C@H]1CCCC(N)=C1C(=O)c1ccccc1. The Kier molecular flexibility index (Phi) is 3.62. The zero-order valence-corrected chi connectivity index (χ0v) is 10.3. The summed E-state index contributed by atoms with van der Waals surface area (Å²) in [4.78, 5) is 12.4. The predicted molar refractivity (Wildman–Crippen MR) is 69.6 cm³/mol. The molecule has 0 radical (unpaired) electrons. The van der Waals surface area contributed by atoms with Crippen LogP contribution < -0.4 is 5.73 Å². The van der Waals surface area contributed by atoms with Crippen LogP contribution in [0.3, 0.4) is 0 Å². The molecule has 1 atom stereocenters. The summed E-state index contributed by atoms with van der Waals surface area (Å²) in [6.45, 7) is 2.13. The molecule has 0 fully saturated rings. The fourth-order valence-corrected chi connectivity index (χ4v) is 2.56. The van der Waals surface area contributed by atoms with Crippen molar-refractivity contribution in [2.75, 3.05) is 0 Å². The fourth-order valence-electron chi connectivity index (χ4n) is 2.56. The summed E-state index contributed by atoms with van der Waals surface area (Å²) in [6, 6.07) is 9.45. The lowest BCUT2D eigenvalue weighted by atomic mass is 9.80. The standard InChI is InChI=1S/C15H19NO/c1-2-11-9-6-10-13(16)14(11)15(17)12-7-4-3-5-8-12/h3-5,7-8,11H,2,6,9-10,16H2,1H3/t11-/m0/s1. The van der Waals surface area contributed by atoms with Gasteiger partial charge in [0.2, 0.25) is 0 Å². The molecule has 0 aromatic heterocycles. The third-order valence-corrected chi connectivity index (χ3v) is 3.53. The summed E-state index contributed by atoms with van der Waals surface area (Å²) < 4.78 is 0. The molecule has 2 N–H and O–H groups in total. The Hall–Kier alpha value is -1.57. The van der Waals surface area contributed by atoms with Crippen molar-refractivity contribution in [1.29, 1.82) is 0 Å². The molecule has 0 heterocycles. The van der Waals surface area contributed by atoms with E-state index in [2.05, 4.69) is 6.92 Å². The first-order valence-corrected chi connectivity index (χ1v) is 6.32. The minimum absolute atomic E-state index is 0.120. The molecule has 2 nitrogen and oxygen atoms in total. The normalized spacial score (nSPS) is 20.4. The molecule has 1 aromatic carbocycles.